The normalized spacial score (nSPS) is 11.4. The third kappa shape index (κ3) is 6.19. The van der Waals surface area contributed by atoms with Gasteiger partial charge < -0.3 is 19.4 Å². The van der Waals surface area contributed by atoms with Crippen molar-refractivity contribution in [3.05, 3.63) is 58.0 Å². The van der Waals surface area contributed by atoms with Gasteiger partial charge in [-0.05, 0) is 36.2 Å². The second-order valence-electron chi connectivity index (χ2n) is 5.82. The lowest BCUT2D eigenvalue weighted by atomic mass is 10.1. The minimum atomic E-state index is -4.82. The van der Waals surface area contributed by atoms with Crippen molar-refractivity contribution in [2.24, 2.45) is 0 Å². The standard InChI is InChI=1S/C18H17F5N2O4/c1-28-13-5-4-11(9-14(13)29-17(19)20)6-7-24-15(26)10-25-8-2-3-12(16(25)27)18(21,22)23/h2-5,8-9,17H,6-7,10H2,1H3,(H,24,26). The summed E-state index contributed by atoms with van der Waals surface area (Å²) in [6.45, 7) is -3.57. The lowest BCUT2D eigenvalue weighted by Crippen LogP contribution is -2.35. The number of amides is 1. The van der Waals surface area contributed by atoms with E-state index < -0.39 is 36.4 Å². The topological polar surface area (TPSA) is 69.6 Å². The van der Waals surface area contributed by atoms with Gasteiger partial charge in [0, 0.05) is 12.7 Å². The highest BCUT2D eigenvalue weighted by Gasteiger charge is 2.34. The Morgan fingerprint density at radius 1 is 1.21 bits per heavy atom. The molecule has 29 heavy (non-hydrogen) atoms. The molecule has 158 valence electrons. The van der Waals surface area contributed by atoms with Crippen LogP contribution in [0.15, 0.2) is 41.3 Å². The molecule has 0 bridgehead atoms. The smallest absolute Gasteiger partial charge is 0.421 e. The molecule has 1 aromatic heterocycles. The van der Waals surface area contributed by atoms with Gasteiger partial charge in [-0.15, -0.1) is 0 Å². The number of hydrogen-bond acceptors (Lipinski definition) is 4. The zero-order valence-electron chi connectivity index (χ0n) is 15.1. The molecule has 6 nitrogen and oxygen atoms in total. The molecule has 11 heteroatoms. The van der Waals surface area contributed by atoms with Gasteiger partial charge in [-0.2, -0.15) is 22.0 Å². The lowest BCUT2D eigenvalue weighted by molar-refractivity contribution is -0.139. The molecule has 0 aliphatic heterocycles. The van der Waals surface area contributed by atoms with Crippen molar-refractivity contribution in [1.82, 2.24) is 9.88 Å². The number of nitrogens with one attached hydrogen (secondary N) is 1. The maximum absolute atomic E-state index is 12.7. The number of pyridine rings is 1. The van der Waals surface area contributed by atoms with E-state index in [4.69, 9.17) is 4.74 Å². The first-order valence-electron chi connectivity index (χ1n) is 8.27. The summed E-state index contributed by atoms with van der Waals surface area (Å²) in [5, 5.41) is 2.45. The van der Waals surface area contributed by atoms with Gasteiger partial charge >= 0.3 is 12.8 Å². The number of nitrogens with zero attached hydrogens (tertiary/aromatic N) is 1. The molecule has 0 radical (unpaired) electrons. The van der Waals surface area contributed by atoms with E-state index in [1.807, 2.05) is 0 Å². The number of alkyl halides is 5. The number of methoxy groups -OCH3 is 1. The van der Waals surface area contributed by atoms with E-state index in [1.54, 1.807) is 6.07 Å². The average molecular weight is 420 g/mol. The van der Waals surface area contributed by atoms with E-state index in [-0.39, 0.29) is 24.5 Å². The number of ether oxygens (including phenoxy) is 2. The van der Waals surface area contributed by atoms with Crippen LogP contribution in [0.5, 0.6) is 11.5 Å². The van der Waals surface area contributed by atoms with Crippen molar-refractivity contribution in [2.45, 2.75) is 25.8 Å². The molecule has 1 N–H and O–H groups in total. The Bertz CT molecular complexity index is 912. The van der Waals surface area contributed by atoms with Gasteiger partial charge in [0.2, 0.25) is 5.91 Å². The van der Waals surface area contributed by atoms with Crippen molar-refractivity contribution in [3.63, 3.8) is 0 Å². The highest BCUT2D eigenvalue weighted by atomic mass is 19.4. The Kier molecular flexibility index (Phi) is 7.18. The SMILES string of the molecule is COc1ccc(CCNC(=O)Cn2cccc(C(F)(F)F)c2=O)cc1OC(F)F. The summed E-state index contributed by atoms with van der Waals surface area (Å²) in [7, 11) is 1.29. The number of benzene rings is 1. The highest BCUT2D eigenvalue weighted by molar-refractivity contribution is 5.75. The first kappa shape index (κ1) is 22.2. The van der Waals surface area contributed by atoms with Gasteiger partial charge in [0.25, 0.3) is 5.56 Å². The number of carbonyl (C=O) groups excluding carboxylic acids is 1. The van der Waals surface area contributed by atoms with E-state index in [0.717, 1.165) is 12.3 Å². The fourth-order valence-corrected chi connectivity index (χ4v) is 2.50. The van der Waals surface area contributed by atoms with Gasteiger partial charge in [-0.25, -0.2) is 0 Å². The molecule has 0 spiro atoms. The van der Waals surface area contributed by atoms with Crippen LogP contribution in [-0.2, 0) is 23.9 Å². The summed E-state index contributed by atoms with van der Waals surface area (Å²) in [4.78, 5) is 23.7. The van der Waals surface area contributed by atoms with Crippen LogP contribution >= 0.6 is 0 Å². The lowest BCUT2D eigenvalue weighted by Gasteiger charge is -2.12. The molecule has 1 heterocycles. The second-order valence-corrected chi connectivity index (χ2v) is 5.82. The van der Waals surface area contributed by atoms with E-state index in [2.05, 4.69) is 10.1 Å². The fourth-order valence-electron chi connectivity index (χ4n) is 2.50. The summed E-state index contributed by atoms with van der Waals surface area (Å²) in [6.07, 6.45) is -3.51. The monoisotopic (exact) mass is 420 g/mol. The molecular formula is C18H17F5N2O4. The predicted molar refractivity (Wildman–Crippen MR) is 92.0 cm³/mol. The van der Waals surface area contributed by atoms with Crippen molar-refractivity contribution in [3.8, 4) is 11.5 Å². The van der Waals surface area contributed by atoms with Crippen molar-refractivity contribution < 1.29 is 36.2 Å². The van der Waals surface area contributed by atoms with Crippen LogP contribution in [0, 0.1) is 0 Å². The number of rotatable bonds is 8. The Hall–Kier alpha value is -3.11. The molecule has 0 aliphatic carbocycles. The van der Waals surface area contributed by atoms with Crippen LogP contribution < -0.4 is 20.3 Å². The van der Waals surface area contributed by atoms with Crippen LogP contribution in [0.2, 0.25) is 0 Å². The number of halogens is 5. The van der Waals surface area contributed by atoms with Crippen molar-refractivity contribution >= 4 is 5.91 Å². The van der Waals surface area contributed by atoms with Crippen molar-refractivity contribution in [2.75, 3.05) is 13.7 Å². The molecule has 0 aliphatic rings. The molecule has 2 aromatic rings. The van der Waals surface area contributed by atoms with Gasteiger partial charge in [-0.1, -0.05) is 6.07 Å². The minimum absolute atomic E-state index is 0.0625. The zero-order valence-corrected chi connectivity index (χ0v) is 15.1. The molecule has 0 fully saturated rings. The van der Waals surface area contributed by atoms with Gasteiger partial charge in [-0.3, -0.25) is 9.59 Å². The van der Waals surface area contributed by atoms with Crippen molar-refractivity contribution in [1.29, 1.82) is 0 Å². The highest BCUT2D eigenvalue weighted by Crippen LogP contribution is 2.29. The first-order valence-corrected chi connectivity index (χ1v) is 8.27. The largest absolute Gasteiger partial charge is 0.493 e. The van der Waals surface area contributed by atoms with Gasteiger partial charge in [0.15, 0.2) is 11.5 Å². The van der Waals surface area contributed by atoms with Crippen LogP contribution in [0.1, 0.15) is 11.1 Å². The van der Waals surface area contributed by atoms with Crippen LogP contribution in [0.3, 0.4) is 0 Å². The first-order chi connectivity index (χ1) is 13.6. The Balaban J connectivity index is 1.97. The Morgan fingerprint density at radius 3 is 2.55 bits per heavy atom. The van der Waals surface area contributed by atoms with Crippen LogP contribution in [-0.4, -0.2) is 30.7 Å². The molecular weight excluding hydrogens is 403 g/mol. The number of hydrogen-bond donors (Lipinski definition) is 1. The minimum Gasteiger partial charge on any atom is -0.493 e. The molecule has 0 saturated heterocycles. The van der Waals surface area contributed by atoms with E-state index >= 15 is 0 Å². The molecule has 2 rings (SSSR count). The third-order valence-electron chi connectivity index (χ3n) is 3.82. The second kappa shape index (κ2) is 9.39. The molecule has 1 aromatic carbocycles. The number of aromatic nitrogens is 1. The third-order valence-corrected chi connectivity index (χ3v) is 3.82. The maximum Gasteiger partial charge on any atom is 0.421 e. The molecule has 0 atom stereocenters. The quantitative estimate of drug-likeness (QED) is 0.667. The summed E-state index contributed by atoms with van der Waals surface area (Å²) in [5.74, 6) is -0.729. The van der Waals surface area contributed by atoms with E-state index in [1.165, 1.54) is 19.2 Å². The maximum atomic E-state index is 12.7. The van der Waals surface area contributed by atoms with E-state index in [0.29, 0.717) is 16.2 Å². The molecule has 0 unspecified atom stereocenters. The van der Waals surface area contributed by atoms with Gasteiger partial charge in [0.1, 0.15) is 12.1 Å². The summed E-state index contributed by atoms with van der Waals surface area (Å²) < 4.78 is 73.0. The Morgan fingerprint density at radius 2 is 1.93 bits per heavy atom. The van der Waals surface area contributed by atoms with E-state index in [9.17, 15) is 31.5 Å². The predicted octanol–water partition coefficient (Wildman–Crippen LogP) is 2.84. The zero-order chi connectivity index (χ0) is 21.6. The fraction of sp³-hybridized carbons (Fsp3) is 0.333. The number of carbonyl (C=O) groups is 1. The average Bonchev–Trinajstić information content (AvgIpc) is 2.62. The summed E-state index contributed by atoms with van der Waals surface area (Å²) in [6, 6.07) is 6.00. The summed E-state index contributed by atoms with van der Waals surface area (Å²) >= 11 is 0. The summed E-state index contributed by atoms with van der Waals surface area (Å²) in [5.41, 5.74) is -2.13. The van der Waals surface area contributed by atoms with Gasteiger partial charge in [0.05, 0.1) is 7.11 Å². The molecule has 1 amide bonds. The molecule has 0 saturated carbocycles. The van der Waals surface area contributed by atoms with Crippen LogP contribution in [0.4, 0.5) is 22.0 Å². The van der Waals surface area contributed by atoms with Crippen LogP contribution in [0.25, 0.3) is 0 Å². The Labute approximate surface area is 161 Å².